The van der Waals surface area contributed by atoms with Crippen molar-refractivity contribution in [2.75, 3.05) is 5.32 Å². The van der Waals surface area contributed by atoms with E-state index >= 15 is 0 Å². The third-order valence-electron chi connectivity index (χ3n) is 5.76. The summed E-state index contributed by atoms with van der Waals surface area (Å²) in [5.41, 5.74) is 0.595. The van der Waals surface area contributed by atoms with Gasteiger partial charge < -0.3 is 5.32 Å². The standard InChI is InChI=1S/C17H21BrN2O2S/c1-10(21)13-8-23-15(19-13)20-14(22)7-16-3-11-2-12(4-16)6-17(18,5-11)9-16/h8,11-12H,2-7,9H2,1H3,(H,19,20,22). The molecular weight excluding hydrogens is 376 g/mol. The summed E-state index contributed by atoms with van der Waals surface area (Å²) in [6.07, 6.45) is 8.01. The summed E-state index contributed by atoms with van der Waals surface area (Å²) in [4.78, 5) is 28.0. The maximum atomic E-state index is 12.5. The average molecular weight is 397 g/mol. The summed E-state index contributed by atoms with van der Waals surface area (Å²) in [5.74, 6) is 1.55. The third kappa shape index (κ3) is 3.00. The highest BCUT2D eigenvalue weighted by Crippen LogP contribution is 2.65. The number of ketones is 1. The monoisotopic (exact) mass is 396 g/mol. The Morgan fingerprint density at radius 3 is 2.61 bits per heavy atom. The summed E-state index contributed by atoms with van der Waals surface area (Å²) < 4.78 is 0.278. The molecule has 0 saturated heterocycles. The van der Waals surface area contributed by atoms with E-state index in [1.807, 2.05) is 0 Å². The number of rotatable bonds is 4. The number of alkyl halides is 1. The predicted octanol–water partition coefficient (Wildman–Crippen LogP) is 4.41. The van der Waals surface area contributed by atoms with Crippen LogP contribution in [-0.2, 0) is 4.79 Å². The van der Waals surface area contributed by atoms with Crippen LogP contribution in [-0.4, -0.2) is 21.0 Å². The van der Waals surface area contributed by atoms with Gasteiger partial charge in [-0.3, -0.25) is 9.59 Å². The number of aromatic nitrogens is 1. The molecule has 0 aromatic carbocycles. The van der Waals surface area contributed by atoms with Crippen LogP contribution >= 0.6 is 27.3 Å². The van der Waals surface area contributed by atoms with Crippen molar-refractivity contribution >= 4 is 44.1 Å². The van der Waals surface area contributed by atoms with Crippen molar-refractivity contribution in [2.45, 2.75) is 56.2 Å². The van der Waals surface area contributed by atoms with Crippen molar-refractivity contribution in [3.63, 3.8) is 0 Å². The Labute approximate surface area is 148 Å². The molecular formula is C17H21BrN2O2S. The van der Waals surface area contributed by atoms with Gasteiger partial charge in [-0.1, -0.05) is 15.9 Å². The minimum atomic E-state index is -0.0657. The lowest BCUT2D eigenvalue weighted by atomic mass is 9.48. The van der Waals surface area contributed by atoms with Crippen LogP contribution < -0.4 is 5.32 Å². The number of thiazole rings is 1. The summed E-state index contributed by atoms with van der Waals surface area (Å²) in [5, 5.41) is 5.15. The number of nitrogens with one attached hydrogen (secondary N) is 1. The molecule has 1 amide bonds. The van der Waals surface area contributed by atoms with Gasteiger partial charge in [0.05, 0.1) is 0 Å². The molecule has 2 unspecified atom stereocenters. The highest BCUT2D eigenvalue weighted by Gasteiger charge is 2.57. The smallest absolute Gasteiger partial charge is 0.226 e. The number of nitrogens with zero attached hydrogens (tertiary/aromatic N) is 1. The van der Waals surface area contributed by atoms with E-state index in [2.05, 4.69) is 26.2 Å². The molecule has 4 nitrogen and oxygen atoms in total. The van der Waals surface area contributed by atoms with Gasteiger partial charge in [0.2, 0.25) is 5.91 Å². The first-order valence-corrected chi connectivity index (χ1v) is 9.97. The Bertz CT molecular complexity index is 657. The fraction of sp³-hybridized carbons (Fsp3) is 0.706. The van der Waals surface area contributed by atoms with E-state index in [1.165, 1.54) is 50.4 Å². The number of halogens is 1. The Morgan fingerprint density at radius 2 is 2.04 bits per heavy atom. The maximum Gasteiger partial charge on any atom is 0.226 e. The van der Waals surface area contributed by atoms with Crippen LogP contribution in [0.2, 0.25) is 0 Å². The van der Waals surface area contributed by atoms with Crippen LogP contribution in [0.15, 0.2) is 5.38 Å². The summed E-state index contributed by atoms with van der Waals surface area (Å²) in [6, 6.07) is 0. The Morgan fingerprint density at radius 1 is 1.35 bits per heavy atom. The van der Waals surface area contributed by atoms with Crippen LogP contribution in [0.1, 0.15) is 62.4 Å². The molecule has 2 atom stereocenters. The normalized spacial score (nSPS) is 37.8. The van der Waals surface area contributed by atoms with Crippen molar-refractivity contribution < 1.29 is 9.59 Å². The van der Waals surface area contributed by atoms with Crippen LogP contribution in [0, 0.1) is 17.3 Å². The van der Waals surface area contributed by atoms with Crippen LogP contribution in [0.5, 0.6) is 0 Å². The number of amides is 1. The minimum Gasteiger partial charge on any atom is -0.302 e. The first kappa shape index (κ1) is 15.8. The molecule has 0 radical (unpaired) electrons. The second kappa shape index (κ2) is 5.38. The largest absolute Gasteiger partial charge is 0.302 e. The maximum absolute atomic E-state index is 12.5. The molecule has 4 aliphatic rings. The van der Waals surface area contributed by atoms with Gasteiger partial charge in [0, 0.05) is 23.0 Å². The van der Waals surface area contributed by atoms with Gasteiger partial charge in [0.1, 0.15) is 5.69 Å². The highest BCUT2D eigenvalue weighted by molar-refractivity contribution is 9.10. The highest BCUT2D eigenvalue weighted by atomic mass is 79.9. The molecule has 4 bridgehead atoms. The zero-order chi connectivity index (χ0) is 16.2. The molecule has 23 heavy (non-hydrogen) atoms. The van der Waals surface area contributed by atoms with Crippen LogP contribution in [0.3, 0.4) is 0 Å². The van der Waals surface area contributed by atoms with Crippen molar-refractivity contribution in [1.82, 2.24) is 4.98 Å². The molecule has 6 heteroatoms. The first-order chi connectivity index (χ1) is 10.8. The average Bonchev–Trinajstić information content (AvgIpc) is 2.83. The molecule has 1 heterocycles. The van der Waals surface area contributed by atoms with Gasteiger partial charge in [-0.05, 0) is 55.8 Å². The van der Waals surface area contributed by atoms with Crippen molar-refractivity contribution in [2.24, 2.45) is 17.3 Å². The quantitative estimate of drug-likeness (QED) is 0.605. The number of hydrogen-bond donors (Lipinski definition) is 1. The van der Waals surface area contributed by atoms with E-state index in [0.29, 0.717) is 17.2 Å². The third-order valence-corrected chi connectivity index (χ3v) is 7.44. The first-order valence-electron chi connectivity index (χ1n) is 8.30. The van der Waals surface area contributed by atoms with E-state index in [4.69, 9.17) is 0 Å². The number of carbonyl (C=O) groups is 2. The van der Waals surface area contributed by atoms with E-state index in [1.54, 1.807) is 5.38 Å². The molecule has 4 saturated carbocycles. The molecule has 1 aromatic heterocycles. The number of Topliss-reactive ketones (excluding diaryl/α,β-unsaturated/α-hetero) is 1. The second-order valence-corrected chi connectivity index (χ2v) is 10.5. The zero-order valence-electron chi connectivity index (χ0n) is 13.2. The van der Waals surface area contributed by atoms with Gasteiger partial charge in [0.15, 0.2) is 10.9 Å². The van der Waals surface area contributed by atoms with Gasteiger partial charge >= 0.3 is 0 Å². The topological polar surface area (TPSA) is 59.1 Å². The van der Waals surface area contributed by atoms with Crippen molar-refractivity contribution in [3.8, 4) is 0 Å². The van der Waals surface area contributed by atoms with Crippen LogP contribution in [0.25, 0.3) is 0 Å². The number of anilines is 1. The minimum absolute atomic E-state index is 0.0486. The van der Waals surface area contributed by atoms with E-state index < -0.39 is 0 Å². The van der Waals surface area contributed by atoms with Gasteiger partial charge in [0.25, 0.3) is 0 Å². The summed E-state index contributed by atoms with van der Waals surface area (Å²) in [6.45, 7) is 1.49. The Balaban J connectivity index is 1.45. The van der Waals surface area contributed by atoms with E-state index in [9.17, 15) is 9.59 Å². The predicted molar refractivity (Wildman–Crippen MR) is 94.1 cm³/mol. The molecule has 4 aliphatic carbocycles. The molecule has 1 aromatic rings. The van der Waals surface area contributed by atoms with Crippen LogP contribution in [0.4, 0.5) is 5.13 Å². The van der Waals surface area contributed by atoms with E-state index in [-0.39, 0.29) is 21.4 Å². The molecule has 4 fully saturated rings. The lowest BCUT2D eigenvalue weighted by molar-refractivity contribution is -0.123. The molecule has 5 rings (SSSR count). The van der Waals surface area contributed by atoms with Gasteiger partial charge in [-0.15, -0.1) is 11.3 Å². The molecule has 124 valence electrons. The number of hydrogen-bond acceptors (Lipinski definition) is 4. The lowest BCUT2D eigenvalue weighted by Gasteiger charge is -2.60. The molecule has 0 spiro atoms. The Hall–Kier alpha value is -0.750. The SMILES string of the molecule is CC(=O)c1csc(NC(=O)CC23CC4CC(CC(Br)(C4)C2)C3)n1. The molecule has 1 N–H and O–H groups in total. The van der Waals surface area contributed by atoms with Crippen molar-refractivity contribution in [1.29, 1.82) is 0 Å². The second-order valence-electron chi connectivity index (χ2n) is 7.93. The number of carbonyl (C=O) groups excluding carboxylic acids is 2. The fourth-order valence-corrected chi connectivity index (χ4v) is 7.82. The zero-order valence-corrected chi connectivity index (χ0v) is 15.6. The molecule has 0 aliphatic heterocycles. The van der Waals surface area contributed by atoms with Crippen molar-refractivity contribution in [3.05, 3.63) is 11.1 Å². The van der Waals surface area contributed by atoms with E-state index in [0.717, 1.165) is 18.3 Å². The fourth-order valence-electron chi connectivity index (χ4n) is 5.54. The summed E-state index contributed by atoms with van der Waals surface area (Å²) >= 11 is 5.31. The Kier molecular flexibility index (Phi) is 3.69. The lowest BCUT2D eigenvalue weighted by Crippen LogP contribution is -2.53. The van der Waals surface area contributed by atoms with Gasteiger partial charge in [-0.25, -0.2) is 4.98 Å². The summed E-state index contributed by atoms with van der Waals surface area (Å²) in [7, 11) is 0. The van der Waals surface area contributed by atoms with Gasteiger partial charge in [-0.2, -0.15) is 0 Å².